The molecule has 136 valence electrons. The van der Waals surface area contributed by atoms with Gasteiger partial charge in [0.2, 0.25) is 11.0 Å². The Labute approximate surface area is 151 Å². The third kappa shape index (κ3) is 5.60. The van der Waals surface area contributed by atoms with Crippen LogP contribution in [0, 0.1) is 0 Å². The van der Waals surface area contributed by atoms with Gasteiger partial charge in [-0.25, -0.2) is 0 Å². The summed E-state index contributed by atoms with van der Waals surface area (Å²) >= 11 is 2.45. The third-order valence-electron chi connectivity index (χ3n) is 3.07. The van der Waals surface area contributed by atoms with E-state index in [2.05, 4.69) is 20.8 Å². The summed E-state index contributed by atoms with van der Waals surface area (Å²) in [7, 11) is 0. The van der Waals surface area contributed by atoms with Crippen LogP contribution >= 0.6 is 23.1 Å². The van der Waals surface area contributed by atoms with Crippen LogP contribution in [0.3, 0.4) is 0 Å². The minimum absolute atomic E-state index is 0.255. The number of nitrogens with zero attached hydrogens (tertiary/aromatic N) is 2. The van der Waals surface area contributed by atoms with Crippen molar-refractivity contribution in [2.75, 3.05) is 17.2 Å². The van der Waals surface area contributed by atoms with Crippen LogP contribution in [0.25, 0.3) is 0 Å². The van der Waals surface area contributed by atoms with Gasteiger partial charge in [-0.05, 0) is 25.5 Å². The van der Waals surface area contributed by atoms with Crippen molar-refractivity contribution in [2.45, 2.75) is 36.0 Å². The summed E-state index contributed by atoms with van der Waals surface area (Å²) in [4.78, 5) is 12.2. The lowest BCUT2D eigenvalue weighted by Crippen LogP contribution is -2.24. The second-order valence-electron chi connectivity index (χ2n) is 5.09. The maximum Gasteiger partial charge on any atom is 0.418 e. The van der Waals surface area contributed by atoms with E-state index < -0.39 is 22.9 Å². The molecule has 1 heterocycles. The fourth-order valence-electron chi connectivity index (χ4n) is 1.84. The molecule has 1 aromatic carbocycles. The molecule has 2 aromatic rings. The Morgan fingerprint density at radius 3 is 2.72 bits per heavy atom. The molecule has 0 fully saturated rings. The average molecular weight is 390 g/mol. The minimum atomic E-state index is -4.53. The molecule has 0 aliphatic heterocycles. The topological polar surface area (TPSA) is 66.9 Å². The molecule has 2 N–H and O–H groups in total. The molecule has 25 heavy (non-hydrogen) atoms. The van der Waals surface area contributed by atoms with Crippen LogP contribution in [0.4, 0.5) is 24.0 Å². The molecule has 0 radical (unpaired) electrons. The monoisotopic (exact) mass is 390 g/mol. The predicted octanol–water partition coefficient (Wildman–Crippen LogP) is 4.50. The first-order valence-corrected chi connectivity index (χ1v) is 9.22. The van der Waals surface area contributed by atoms with Gasteiger partial charge in [0, 0.05) is 6.54 Å². The summed E-state index contributed by atoms with van der Waals surface area (Å²) in [5.41, 5.74) is -1.13. The molecule has 1 aromatic heterocycles. The number of hydrogen-bond donors (Lipinski definition) is 2. The van der Waals surface area contributed by atoms with E-state index in [4.69, 9.17) is 0 Å². The molecule has 0 spiro atoms. The zero-order valence-electron chi connectivity index (χ0n) is 13.6. The number of anilines is 2. The number of aromatic nitrogens is 2. The molecule has 1 unspecified atom stereocenters. The second-order valence-corrected chi connectivity index (χ2v) is 7.66. The number of alkyl halides is 3. The highest BCUT2D eigenvalue weighted by Gasteiger charge is 2.34. The molecular formula is C15H17F3N4OS2. The summed E-state index contributed by atoms with van der Waals surface area (Å²) in [6.07, 6.45) is -3.58. The lowest BCUT2D eigenvalue weighted by atomic mass is 10.1. The number of rotatable bonds is 7. The van der Waals surface area contributed by atoms with Crippen molar-refractivity contribution in [3.05, 3.63) is 29.8 Å². The van der Waals surface area contributed by atoms with Gasteiger partial charge in [0.1, 0.15) is 0 Å². The van der Waals surface area contributed by atoms with E-state index in [-0.39, 0.29) is 5.69 Å². The Hall–Kier alpha value is -1.81. The number of thioether (sulfide) groups is 1. The van der Waals surface area contributed by atoms with Crippen LogP contribution in [0.5, 0.6) is 0 Å². The highest BCUT2D eigenvalue weighted by Crippen LogP contribution is 2.35. The van der Waals surface area contributed by atoms with Gasteiger partial charge in [-0.2, -0.15) is 13.2 Å². The van der Waals surface area contributed by atoms with Gasteiger partial charge in [-0.1, -0.05) is 42.2 Å². The number of para-hydroxylation sites is 1. The lowest BCUT2D eigenvalue weighted by molar-refractivity contribution is -0.137. The Morgan fingerprint density at radius 2 is 2.04 bits per heavy atom. The Balaban J connectivity index is 2.00. The van der Waals surface area contributed by atoms with E-state index in [9.17, 15) is 18.0 Å². The van der Waals surface area contributed by atoms with Crippen LogP contribution in [0.15, 0.2) is 28.6 Å². The summed E-state index contributed by atoms with van der Waals surface area (Å²) in [5, 5.41) is 13.4. The first-order chi connectivity index (χ1) is 11.8. The molecule has 1 amide bonds. The first-order valence-electron chi connectivity index (χ1n) is 7.52. The van der Waals surface area contributed by atoms with Crippen molar-refractivity contribution >= 4 is 39.8 Å². The zero-order valence-corrected chi connectivity index (χ0v) is 15.2. The van der Waals surface area contributed by atoms with Gasteiger partial charge in [-0.15, -0.1) is 10.2 Å². The van der Waals surface area contributed by atoms with Gasteiger partial charge in [0.05, 0.1) is 16.5 Å². The van der Waals surface area contributed by atoms with E-state index in [0.717, 1.165) is 30.8 Å². The van der Waals surface area contributed by atoms with Gasteiger partial charge in [0.25, 0.3) is 0 Å². The van der Waals surface area contributed by atoms with Gasteiger partial charge in [-0.3, -0.25) is 4.79 Å². The number of hydrogen-bond acceptors (Lipinski definition) is 6. The van der Waals surface area contributed by atoms with E-state index in [0.29, 0.717) is 9.47 Å². The van der Waals surface area contributed by atoms with Crippen molar-refractivity contribution in [3.63, 3.8) is 0 Å². The Bertz CT molecular complexity index is 721. The van der Waals surface area contributed by atoms with Crippen LogP contribution < -0.4 is 10.6 Å². The fourth-order valence-corrected chi connectivity index (χ4v) is 3.76. The maximum atomic E-state index is 13.0. The third-order valence-corrected chi connectivity index (χ3v) is 5.14. The quantitative estimate of drug-likeness (QED) is 0.682. The van der Waals surface area contributed by atoms with Crippen LogP contribution in [-0.4, -0.2) is 27.9 Å². The van der Waals surface area contributed by atoms with Crippen LogP contribution in [0.2, 0.25) is 0 Å². The second kappa shape index (κ2) is 8.52. The van der Waals surface area contributed by atoms with Gasteiger partial charge >= 0.3 is 6.18 Å². The standard InChI is InChI=1S/C15H17F3N4OS2/c1-3-8-19-13-21-22-14(25-13)24-9(2)12(23)20-11-7-5-4-6-10(11)15(16,17)18/h4-7,9H,3,8H2,1-2H3,(H,19,21)(H,20,23). The molecule has 0 aliphatic carbocycles. The number of amides is 1. The molecule has 10 heteroatoms. The maximum absolute atomic E-state index is 13.0. The SMILES string of the molecule is CCCNc1nnc(SC(C)C(=O)Nc2ccccc2C(F)(F)F)s1. The van der Waals surface area contributed by atoms with Crippen LogP contribution in [-0.2, 0) is 11.0 Å². The molecule has 2 rings (SSSR count). The van der Waals surface area contributed by atoms with E-state index in [1.54, 1.807) is 6.92 Å². The largest absolute Gasteiger partial charge is 0.418 e. The molecular weight excluding hydrogens is 373 g/mol. The van der Waals surface area contributed by atoms with Gasteiger partial charge in [0.15, 0.2) is 4.34 Å². The fraction of sp³-hybridized carbons (Fsp3) is 0.400. The molecule has 1 atom stereocenters. The first kappa shape index (κ1) is 19.5. The van der Waals surface area contributed by atoms with E-state index >= 15 is 0 Å². The smallest absolute Gasteiger partial charge is 0.360 e. The number of benzene rings is 1. The van der Waals surface area contributed by atoms with Crippen LogP contribution in [0.1, 0.15) is 25.8 Å². The van der Waals surface area contributed by atoms with E-state index in [1.807, 2.05) is 6.92 Å². The van der Waals surface area contributed by atoms with Crippen molar-refractivity contribution in [2.24, 2.45) is 0 Å². The Morgan fingerprint density at radius 1 is 1.32 bits per heavy atom. The normalized spacial score (nSPS) is 12.7. The van der Waals surface area contributed by atoms with Crippen molar-refractivity contribution in [3.8, 4) is 0 Å². The van der Waals surface area contributed by atoms with Crippen molar-refractivity contribution in [1.82, 2.24) is 10.2 Å². The number of carbonyl (C=O) groups is 1. The predicted molar refractivity (Wildman–Crippen MR) is 94.1 cm³/mol. The summed E-state index contributed by atoms with van der Waals surface area (Å²) in [5.74, 6) is -0.528. The summed E-state index contributed by atoms with van der Waals surface area (Å²) in [6, 6.07) is 4.89. The highest BCUT2D eigenvalue weighted by molar-refractivity contribution is 8.02. The summed E-state index contributed by atoms with van der Waals surface area (Å²) < 4.78 is 39.5. The molecule has 0 saturated heterocycles. The Kier molecular flexibility index (Phi) is 6.65. The van der Waals surface area contributed by atoms with Gasteiger partial charge < -0.3 is 10.6 Å². The molecule has 0 saturated carbocycles. The van der Waals surface area contributed by atoms with Crippen molar-refractivity contribution in [1.29, 1.82) is 0 Å². The highest BCUT2D eigenvalue weighted by atomic mass is 32.2. The minimum Gasteiger partial charge on any atom is -0.360 e. The zero-order chi connectivity index (χ0) is 18.4. The van der Waals surface area contributed by atoms with E-state index in [1.165, 1.54) is 29.5 Å². The summed E-state index contributed by atoms with van der Waals surface area (Å²) in [6.45, 7) is 4.40. The van der Waals surface area contributed by atoms with Crippen molar-refractivity contribution < 1.29 is 18.0 Å². The number of carbonyl (C=O) groups excluding carboxylic acids is 1. The number of halogens is 3. The molecule has 5 nitrogen and oxygen atoms in total. The molecule has 0 aliphatic rings. The average Bonchev–Trinajstić information content (AvgIpc) is 2.99. The number of nitrogens with one attached hydrogen (secondary N) is 2. The lowest BCUT2D eigenvalue weighted by Gasteiger charge is -2.15. The molecule has 0 bridgehead atoms.